The molecule has 1 fully saturated rings. The van der Waals surface area contributed by atoms with Crippen LogP contribution in [0.5, 0.6) is 11.5 Å². The quantitative estimate of drug-likeness (QED) is 0.667. The Bertz CT molecular complexity index is 530. The van der Waals surface area contributed by atoms with E-state index in [0.717, 1.165) is 38.2 Å². The van der Waals surface area contributed by atoms with Gasteiger partial charge in [0.15, 0.2) is 11.6 Å². The third kappa shape index (κ3) is 3.60. The number of halogens is 1. The number of nitro groups is 1. The van der Waals surface area contributed by atoms with Gasteiger partial charge < -0.3 is 15.2 Å². The van der Waals surface area contributed by atoms with Crippen molar-refractivity contribution in [3.63, 3.8) is 0 Å². The fourth-order valence-corrected chi connectivity index (χ4v) is 2.56. The number of methoxy groups -OCH3 is 1. The van der Waals surface area contributed by atoms with E-state index in [9.17, 15) is 14.5 Å². The molecular weight excluding hydrogens is 279 g/mol. The Labute approximate surface area is 122 Å². The van der Waals surface area contributed by atoms with Crippen LogP contribution >= 0.6 is 0 Å². The number of nitrogens with zero attached hydrogens (tertiary/aromatic N) is 1. The molecule has 0 aromatic heterocycles. The SMILES string of the molecule is COc1cc(OCC2(N)CCCCC2)c(F)cc1[N+](=O)[O-]. The molecule has 0 atom stereocenters. The lowest BCUT2D eigenvalue weighted by Gasteiger charge is -2.33. The van der Waals surface area contributed by atoms with Crippen LogP contribution in [0, 0.1) is 15.9 Å². The number of benzene rings is 1. The molecule has 0 spiro atoms. The maximum atomic E-state index is 13.9. The first-order valence-corrected chi connectivity index (χ1v) is 6.89. The van der Waals surface area contributed by atoms with Crippen molar-refractivity contribution in [2.24, 2.45) is 5.73 Å². The second kappa shape index (κ2) is 6.26. The zero-order chi connectivity index (χ0) is 15.5. The summed E-state index contributed by atoms with van der Waals surface area (Å²) in [6.07, 6.45) is 4.88. The molecule has 0 bridgehead atoms. The Morgan fingerprint density at radius 1 is 1.33 bits per heavy atom. The molecule has 1 aliphatic carbocycles. The summed E-state index contributed by atoms with van der Waals surface area (Å²) in [5.74, 6) is -0.902. The molecule has 7 heteroatoms. The van der Waals surface area contributed by atoms with Gasteiger partial charge in [0.2, 0.25) is 5.75 Å². The number of ether oxygens (including phenoxy) is 2. The molecule has 2 N–H and O–H groups in total. The largest absolute Gasteiger partial charge is 0.490 e. The second-order valence-electron chi connectivity index (χ2n) is 5.42. The topological polar surface area (TPSA) is 87.6 Å². The van der Waals surface area contributed by atoms with E-state index in [0.29, 0.717) is 0 Å². The molecule has 1 aromatic carbocycles. The van der Waals surface area contributed by atoms with Gasteiger partial charge in [0.05, 0.1) is 23.6 Å². The van der Waals surface area contributed by atoms with Gasteiger partial charge in [0, 0.05) is 6.07 Å². The van der Waals surface area contributed by atoms with Crippen LogP contribution in [-0.4, -0.2) is 24.2 Å². The molecular formula is C14H19FN2O4. The molecule has 0 heterocycles. The van der Waals surface area contributed by atoms with Crippen molar-refractivity contribution in [2.75, 3.05) is 13.7 Å². The van der Waals surface area contributed by atoms with Crippen molar-refractivity contribution in [3.05, 3.63) is 28.1 Å². The van der Waals surface area contributed by atoms with Crippen LogP contribution in [0.25, 0.3) is 0 Å². The molecule has 1 aromatic rings. The van der Waals surface area contributed by atoms with E-state index in [4.69, 9.17) is 15.2 Å². The van der Waals surface area contributed by atoms with Gasteiger partial charge in [-0.3, -0.25) is 10.1 Å². The summed E-state index contributed by atoms with van der Waals surface area (Å²) in [7, 11) is 1.29. The molecule has 0 saturated heterocycles. The van der Waals surface area contributed by atoms with Crippen molar-refractivity contribution in [3.8, 4) is 11.5 Å². The molecule has 0 unspecified atom stereocenters. The molecule has 0 radical (unpaired) electrons. The standard InChI is InChI=1S/C14H19FN2O4/c1-20-13-8-12(10(15)7-11(13)17(18)19)21-9-14(16)5-3-2-4-6-14/h7-8H,2-6,9,16H2,1H3. The highest BCUT2D eigenvalue weighted by molar-refractivity contribution is 5.51. The van der Waals surface area contributed by atoms with Gasteiger partial charge in [0.1, 0.15) is 6.61 Å². The minimum Gasteiger partial charge on any atom is -0.490 e. The third-order valence-electron chi connectivity index (χ3n) is 3.79. The van der Waals surface area contributed by atoms with E-state index in [1.807, 2.05) is 0 Å². The Hall–Kier alpha value is -1.89. The Morgan fingerprint density at radius 2 is 2.00 bits per heavy atom. The van der Waals surface area contributed by atoms with Crippen LogP contribution in [0.4, 0.5) is 10.1 Å². The highest BCUT2D eigenvalue weighted by Gasteiger charge is 2.29. The summed E-state index contributed by atoms with van der Waals surface area (Å²) in [4.78, 5) is 10.1. The van der Waals surface area contributed by atoms with E-state index in [1.165, 1.54) is 13.2 Å². The van der Waals surface area contributed by atoms with Crippen LogP contribution in [-0.2, 0) is 0 Å². The first-order chi connectivity index (χ1) is 9.95. The smallest absolute Gasteiger partial charge is 0.314 e. The van der Waals surface area contributed by atoms with Crippen LogP contribution < -0.4 is 15.2 Å². The lowest BCUT2D eigenvalue weighted by molar-refractivity contribution is -0.386. The Balaban J connectivity index is 2.14. The fraction of sp³-hybridized carbons (Fsp3) is 0.571. The van der Waals surface area contributed by atoms with Gasteiger partial charge in [-0.1, -0.05) is 19.3 Å². The van der Waals surface area contributed by atoms with Gasteiger partial charge in [-0.15, -0.1) is 0 Å². The lowest BCUT2D eigenvalue weighted by Crippen LogP contribution is -2.47. The summed E-state index contributed by atoms with van der Waals surface area (Å²) in [6, 6.07) is 2.00. The minimum atomic E-state index is -0.790. The second-order valence-corrected chi connectivity index (χ2v) is 5.42. The van der Waals surface area contributed by atoms with Gasteiger partial charge in [-0.25, -0.2) is 4.39 Å². The summed E-state index contributed by atoms with van der Waals surface area (Å²) in [5.41, 5.74) is 5.33. The van der Waals surface area contributed by atoms with E-state index in [-0.39, 0.29) is 18.1 Å². The minimum absolute atomic E-state index is 0.0360. The summed E-state index contributed by atoms with van der Waals surface area (Å²) >= 11 is 0. The lowest BCUT2D eigenvalue weighted by atomic mass is 9.83. The average molecular weight is 298 g/mol. The normalized spacial score (nSPS) is 17.3. The van der Waals surface area contributed by atoms with Crippen LogP contribution in [0.15, 0.2) is 12.1 Å². The van der Waals surface area contributed by atoms with E-state index in [2.05, 4.69) is 0 Å². The number of hydrogen-bond acceptors (Lipinski definition) is 5. The average Bonchev–Trinajstić information content (AvgIpc) is 2.46. The predicted molar refractivity (Wildman–Crippen MR) is 75.1 cm³/mol. The molecule has 1 aliphatic rings. The van der Waals surface area contributed by atoms with Gasteiger partial charge in [-0.05, 0) is 12.8 Å². The molecule has 0 aliphatic heterocycles. The van der Waals surface area contributed by atoms with Gasteiger partial charge in [0.25, 0.3) is 0 Å². The first-order valence-electron chi connectivity index (χ1n) is 6.89. The molecule has 1 saturated carbocycles. The van der Waals surface area contributed by atoms with Crippen molar-refractivity contribution >= 4 is 5.69 Å². The number of nitro benzene ring substituents is 1. The molecule has 2 rings (SSSR count). The van der Waals surface area contributed by atoms with Crippen LogP contribution in [0.2, 0.25) is 0 Å². The zero-order valence-electron chi connectivity index (χ0n) is 11.9. The van der Waals surface area contributed by atoms with Crippen LogP contribution in [0.1, 0.15) is 32.1 Å². The molecule has 0 amide bonds. The van der Waals surface area contributed by atoms with E-state index < -0.39 is 22.0 Å². The van der Waals surface area contributed by atoms with Gasteiger partial charge in [-0.2, -0.15) is 0 Å². The maximum Gasteiger partial charge on any atom is 0.314 e. The monoisotopic (exact) mass is 298 g/mol. The van der Waals surface area contributed by atoms with Crippen molar-refractivity contribution in [1.82, 2.24) is 0 Å². The molecule has 21 heavy (non-hydrogen) atoms. The highest BCUT2D eigenvalue weighted by atomic mass is 19.1. The van der Waals surface area contributed by atoms with E-state index in [1.54, 1.807) is 0 Å². The maximum absolute atomic E-state index is 13.9. The Kier molecular flexibility index (Phi) is 4.62. The van der Waals surface area contributed by atoms with Crippen LogP contribution in [0.3, 0.4) is 0 Å². The van der Waals surface area contributed by atoms with E-state index >= 15 is 0 Å². The number of nitrogens with two attached hydrogens (primary N) is 1. The first kappa shape index (κ1) is 15.5. The molecule has 6 nitrogen and oxygen atoms in total. The summed E-state index contributed by atoms with van der Waals surface area (Å²) in [6.45, 7) is 0.185. The molecule has 116 valence electrons. The summed E-state index contributed by atoms with van der Waals surface area (Å²) < 4.78 is 24.2. The Morgan fingerprint density at radius 3 is 2.57 bits per heavy atom. The number of rotatable bonds is 5. The third-order valence-corrected chi connectivity index (χ3v) is 3.79. The van der Waals surface area contributed by atoms with Gasteiger partial charge >= 0.3 is 5.69 Å². The van der Waals surface area contributed by atoms with Crippen molar-refractivity contribution in [1.29, 1.82) is 0 Å². The predicted octanol–water partition coefficient (Wildman–Crippen LogP) is 2.78. The number of hydrogen-bond donors (Lipinski definition) is 1. The summed E-state index contributed by atoms with van der Waals surface area (Å²) in [5, 5.41) is 10.8. The zero-order valence-corrected chi connectivity index (χ0v) is 11.9. The van der Waals surface area contributed by atoms with Crippen molar-refractivity contribution in [2.45, 2.75) is 37.6 Å². The van der Waals surface area contributed by atoms with Crippen molar-refractivity contribution < 1.29 is 18.8 Å². The highest BCUT2D eigenvalue weighted by Crippen LogP contribution is 2.34. The fourth-order valence-electron chi connectivity index (χ4n) is 2.56.